The number of sulfonamides is 1. The van der Waals surface area contributed by atoms with Gasteiger partial charge < -0.3 is 14.5 Å². The van der Waals surface area contributed by atoms with Gasteiger partial charge >= 0.3 is 5.63 Å². The van der Waals surface area contributed by atoms with E-state index in [4.69, 9.17) is 9.15 Å². The molecule has 2 N–H and O–H groups in total. The zero-order valence-electron chi connectivity index (χ0n) is 13.4. The van der Waals surface area contributed by atoms with Crippen molar-refractivity contribution in [1.82, 2.24) is 10.0 Å². The molecule has 0 radical (unpaired) electrons. The van der Waals surface area contributed by atoms with Gasteiger partial charge in [0.15, 0.2) is 0 Å². The Bertz CT molecular complexity index is 885. The number of fused-ring (bicyclic) bond motifs is 1. The van der Waals surface area contributed by atoms with Crippen molar-refractivity contribution in [3.63, 3.8) is 0 Å². The van der Waals surface area contributed by atoms with Crippen molar-refractivity contribution in [2.24, 2.45) is 0 Å². The summed E-state index contributed by atoms with van der Waals surface area (Å²) in [4.78, 5) is 11.3. The van der Waals surface area contributed by atoms with E-state index in [1.807, 2.05) is 0 Å². The Morgan fingerprint density at radius 3 is 2.88 bits per heavy atom. The summed E-state index contributed by atoms with van der Waals surface area (Å²) in [5.74, 6) is 0. The highest BCUT2D eigenvalue weighted by atomic mass is 32.2. The fourth-order valence-corrected chi connectivity index (χ4v) is 4.17. The average molecular weight is 352 g/mol. The van der Waals surface area contributed by atoms with Crippen molar-refractivity contribution < 1.29 is 17.6 Å². The lowest BCUT2D eigenvalue weighted by Gasteiger charge is -2.28. The molecule has 0 saturated carbocycles. The molecule has 1 fully saturated rings. The minimum Gasteiger partial charge on any atom is -0.423 e. The van der Waals surface area contributed by atoms with Gasteiger partial charge in [-0.15, -0.1) is 0 Å². The standard InChI is InChI=1S/C16H20N2O5S/c1-22-11-16(7-2-8-17-16)10-18-24(20,21)13-4-5-14-12(9-13)3-6-15(19)23-14/h3-6,9,17-18H,2,7-8,10-11H2,1H3. The van der Waals surface area contributed by atoms with Gasteiger partial charge in [-0.25, -0.2) is 17.9 Å². The second kappa shape index (κ2) is 6.64. The van der Waals surface area contributed by atoms with Crippen molar-refractivity contribution in [3.8, 4) is 0 Å². The van der Waals surface area contributed by atoms with Crippen molar-refractivity contribution in [3.05, 3.63) is 40.8 Å². The lowest BCUT2D eigenvalue weighted by Crippen LogP contribution is -2.52. The van der Waals surface area contributed by atoms with Crippen LogP contribution in [0.5, 0.6) is 0 Å². The van der Waals surface area contributed by atoms with Crippen LogP contribution in [0.25, 0.3) is 11.0 Å². The normalized spacial score (nSPS) is 21.4. The summed E-state index contributed by atoms with van der Waals surface area (Å²) in [7, 11) is -2.07. The second-order valence-electron chi connectivity index (χ2n) is 6.02. The van der Waals surface area contributed by atoms with Gasteiger partial charge in [0.05, 0.1) is 17.0 Å². The molecule has 8 heteroatoms. The Hall–Kier alpha value is -1.74. The van der Waals surface area contributed by atoms with E-state index in [-0.39, 0.29) is 17.0 Å². The summed E-state index contributed by atoms with van der Waals surface area (Å²) in [6, 6.07) is 7.22. The molecular formula is C16H20N2O5S. The Morgan fingerprint density at radius 1 is 1.33 bits per heavy atom. The third-order valence-corrected chi connectivity index (χ3v) is 5.65. The van der Waals surface area contributed by atoms with Crippen LogP contribution in [0.4, 0.5) is 0 Å². The Morgan fingerprint density at radius 2 is 2.17 bits per heavy atom. The van der Waals surface area contributed by atoms with Gasteiger partial charge in [0.1, 0.15) is 5.58 Å². The molecule has 1 saturated heterocycles. The van der Waals surface area contributed by atoms with E-state index in [0.29, 0.717) is 17.6 Å². The van der Waals surface area contributed by atoms with Crippen LogP contribution in [0.2, 0.25) is 0 Å². The van der Waals surface area contributed by atoms with Gasteiger partial charge in [0.2, 0.25) is 10.0 Å². The van der Waals surface area contributed by atoms with Crippen LogP contribution in [0, 0.1) is 0 Å². The van der Waals surface area contributed by atoms with E-state index in [0.717, 1.165) is 19.4 Å². The SMILES string of the molecule is COCC1(CNS(=O)(=O)c2ccc3oc(=O)ccc3c2)CCCN1. The molecular weight excluding hydrogens is 332 g/mol. The Balaban J connectivity index is 1.82. The molecule has 130 valence electrons. The second-order valence-corrected chi connectivity index (χ2v) is 7.79. The van der Waals surface area contributed by atoms with E-state index in [1.54, 1.807) is 13.2 Å². The predicted molar refractivity (Wildman–Crippen MR) is 89.5 cm³/mol. The monoisotopic (exact) mass is 352 g/mol. The van der Waals surface area contributed by atoms with Crippen molar-refractivity contribution >= 4 is 21.0 Å². The molecule has 1 aromatic carbocycles. The smallest absolute Gasteiger partial charge is 0.336 e. The van der Waals surface area contributed by atoms with E-state index < -0.39 is 15.6 Å². The molecule has 3 rings (SSSR count). The molecule has 0 bridgehead atoms. The highest BCUT2D eigenvalue weighted by Gasteiger charge is 2.34. The number of rotatable bonds is 6. The van der Waals surface area contributed by atoms with Crippen LogP contribution in [0.3, 0.4) is 0 Å². The molecule has 2 aromatic rings. The average Bonchev–Trinajstić information content (AvgIpc) is 3.02. The third kappa shape index (κ3) is 3.51. The van der Waals surface area contributed by atoms with Crippen LogP contribution in [-0.2, 0) is 14.8 Å². The Kier molecular flexibility index (Phi) is 4.73. The topological polar surface area (TPSA) is 97.6 Å². The molecule has 1 aliphatic heterocycles. The maximum absolute atomic E-state index is 12.6. The van der Waals surface area contributed by atoms with Crippen LogP contribution in [0.15, 0.2) is 44.4 Å². The lowest BCUT2D eigenvalue weighted by molar-refractivity contribution is 0.122. The van der Waals surface area contributed by atoms with Crippen molar-refractivity contribution in [2.45, 2.75) is 23.3 Å². The molecule has 1 atom stereocenters. The molecule has 1 unspecified atom stereocenters. The maximum Gasteiger partial charge on any atom is 0.336 e. The first-order chi connectivity index (χ1) is 11.4. The summed E-state index contributed by atoms with van der Waals surface area (Å²) in [6.07, 6.45) is 1.84. The number of hydrogen-bond donors (Lipinski definition) is 2. The highest BCUT2D eigenvalue weighted by molar-refractivity contribution is 7.89. The van der Waals surface area contributed by atoms with E-state index in [2.05, 4.69) is 10.0 Å². The van der Waals surface area contributed by atoms with Crippen LogP contribution >= 0.6 is 0 Å². The minimum atomic E-state index is -3.67. The maximum atomic E-state index is 12.6. The molecule has 0 spiro atoms. The summed E-state index contributed by atoms with van der Waals surface area (Å²) < 4.78 is 38.1. The third-order valence-electron chi connectivity index (χ3n) is 4.25. The summed E-state index contributed by atoms with van der Waals surface area (Å²) in [6.45, 7) is 1.55. The quantitative estimate of drug-likeness (QED) is 0.748. The predicted octanol–water partition coefficient (Wildman–Crippen LogP) is 0.840. The summed E-state index contributed by atoms with van der Waals surface area (Å²) >= 11 is 0. The molecule has 0 amide bonds. The first-order valence-corrected chi connectivity index (χ1v) is 9.20. The number of methoxy groups -OCH3 is 1. The Labute approximate surface area is 140 Å². The van der Waals surface area contributed by atoms with E-state index in [9.17, 15) is 13.2 Å². The molecule has 0 aliphatic carbocycles. The van der Waals surface area contributed by atoms with Crippen LogP contribution < -0.4 is 15.7 Å². The van der Waals surface area contributed by atoms with E-state index in [1.165, 1.54) is 24.3 Å². The van der Waals surface area contributed by atoms with Crippen molar-refractivity contribution in [1.29, 1.82) is 0 Å². The summed E-state index contributed by atoms with van der Waals surface area (Å²) in [5.41, 5.74) is -0.481. The lowest BCUT2D eigenvalue weighted by atomic mass is 9.99. The number of ether oxygens (including phenoxy) is 1. The fraction of sp³-hybridized carbons (Fsp3) is 0.438. The van der Waals surface area contributed by atoms with Crippen molar-refractivity contribution in [2.75, 3.05) is 26.8 Å². The number of hydrogen-bond acceptors (Lipinski definition) is 6. The largest absolute Gasteiger partial charge is 0.423 e. The van der Waals surface area contributed by atoms with Gasteiger partial charge in [-0.05, 0) is 43.7 Å². The molecule has 24 heavy (non-hydrogen) atoms. The fourth-order valence-electron chi connectivity index (χ4n) is 3.00. The molecule has 1 aromatic heterocycles. The van der Waals surface area contributed by atoms with E-state index >= 15 is 0 Å². The van der Waals surface area contributed by atoms with Gasteiger partial charge in [-0.1, -0.05) is 0 Å². The molecule has 2 heterocycles. The zero-order valence-corrected chi connectivity index (χ0v) is 14.2. The van der Waals surface area contributed by atoms with Gasteiger partial charge in [0, 0.05) is 25.1 Å². The summed E-state index contributed by atoms with van der Waals surface area (Å²) in [5, 5.41) is 3.89. The molecule has 1 aliphatic rings. The minimum absolute atomic E-state index is 0.134. The zero-order chi connectivity index (χ0) is 17.2. The highest BCUT2D eigenvalue weighted by Crippen LogP contribution is 2.21. The number of nitrogens with one attached hydrogen (secondary N) is 2. The van der Waals surface area contributed by atoms with Gasteiger partial charge in [0.25, 0.3) is 0 Å². The van der Waals surface area contributed by atoms with Gasteiger partial charge in [-0.3, -0.25) is 0 Å². The van der Waals surface area contributed by atoms with Crippen LogP contribution in [-0.4, -0.2) is 40.8 Å². The van der Waals surface area contributed by atoms with Crippen LogP contribution in [0.1, 0.15) is 12.8 Å². The first kappa shape index (κ1) is 17.1. The van der Waals surface area contributed by atoms with Gasteiger partial charge in [-0.2, -0.15) is 0 Å². The first-order valence-electron chi connectivity index (χ1n) is 7.72. The molecule has 7 nitrogen and oxygen atoms in total. The number of benzene rings is 1.